The molecule has 1 amide bonds. The van der Waals surface area contributed by atoms with Crippen LogP contribution in [-0.2, 0) is 11.3 Å². The number of benzene rings is 3. The number of nitrogens with one attached hydrogen (secondary N) is 1. The van der Waals surface area contributed by atoms with Crippen LogP contribution < -0.4 is 10.7 Å². The molecule has 248 valence electrons. The summed E-state index contributed by atoms with van der Waals surface area (Å²) >= 11 is 5.61. The zero-order valence-corrected chi connectivity index (χ0v) is 29.0. The molecule has 6 rings (SSSR count). The third-order valence-corrected chi connectivity index (χ3v) is 9.34. The highest BCUT2D eigenvalue weighted by Crippen LogP contribution is 2.37. The summed E-state index contributed by atoms with van der Waals surface area (Å²) in [5, 5.41) is 4.61. The number of nitrogens with zero attached hydrogens (tertiary/aromatic N) is 1. The molecule has 1 unspecified atom stereocenters. The maximum Gasteiger partial charge on any atom is 0.222 e. The molecule has 1 aliphatic carbocycles. The maximum absolute atomic E-state index is 12.0. The Bertz CT molecular complexity index is 1730. The lowest BCUT2D eigenvalue weighted by atomic mass is 9.79. The largest absolute Gasteiger partial charge is 0.453 e. The van der Waals surface area contributed by atoms with E-state index in [2.05, 4.69) is 42.6 Å². The van der Waals surface area contributed by atoms with E-state index >= 15 is 0 Å². The Morgan fingerprint density at radius 1 is 0.957 bits per heavy atom. The molecule has 47 heavy (non-hydrogen) atoms. The minimum Gasteiger partial charge on any atom is -0.453 e. The van der Waals surface area contributed by atoms with Crippen LogP contribution in [0.15, 0.2) is 87.6 Å². The number of amides is 1. The first kappa shape index (κ1) is 35.8. The normalized spacial score (nSPS) is 16.6. The number of likely N-dealkylation sites (N-methyl/N-ethyl adjacent to an activating group) is 1. The summed E-state index contributed by atoms with van der Waals surface area (Å²) in [4.78, 5) is 36.1. The molecule has 1 aromatic heterocycles. The SMILES string of the molecule is CNC(C)C=C1CCC(c2ccccc2CN2CCCC2=O)CC1.Cc1cc2oc(C=O)cc(=O)c2cc1C.Cc1ccc(Cl)cc1. The van der Waals surface area contributed by atoms with Gasteiger partial charge in [0.05, 0.1) is 5.39 Å². The van der Waals surface area contributed by atoms with Crippen molar-refractivity contribution in [3.8, 4) is 0 Å². The Balaban J connectivity index is 0.000000184. The lowest BCUT2D eigenvalue weighted by Gasteiger charge is -2.28. The highest BCUT2D eigenvalue weighted by molar-refractivity contribution is 6.30. The second kappa shape index (κ2) is 17.2. The fraction of sp³-hybridized carbons (Fsp3) is 0.375. The van der Waals surface area contributed by atoms with Crippen LogP contribution in [0, 0.1) is 20.8 Å². The van der Waals surface area contributed by atoms with E-state index in [1.165, 1.54) is 48.4 Å². The van der Waals surface area contributed by atoms with Crippen molar-refractivity contribution in [2.75, 3.05) is 13.6 Å². The number of aldehydes is 1. The predicted octanol–water partition coefficient (Wildman–Crippen LogP) is 8.87. The molecule has 4 aromatic rings. The smallest absolute Gasteiger partial charge is 0.222 e. The average molecular weight is 655 g/mol. The molecule has 0 spiro atoms. The second-order valence-corrected chi connectivity index (χ2v) is 13.1. The molecule has 1 saturated carbocycles. The number of aryl methyl sites for hydroxylation is 3. The van der Waals surface area contributed by atoms with Crippen LogP contribution in [0.3, 0.4) is 0 Å². The van der Waals surface area contributed by atoms with Gasteiger partial charge < -0.3 is 14.6 Å². The van der Waals surface area contributed by atoms with E-state index in [9.17, 15) is 14.4 Å². The zero-order chi connectivity index (χ0) is 33.9. The number of allylic oxidation sites excluding steroid dienone is 1. The first-order valence-corrected chi connectivity index (χ1v) is 16.9. The first-order chi connectivity index (χ1) is 22.6. The van der Waals surface area contributed by atoms with E-state index in [4.69, 9.17) is 16.0 Å². The third-order valence-electron chi connectivity index (χ3n) is 9.09. The Morgan fingerprint density at radius 3 is 2.26 bits per heavy atom. The van der Waals surface area contributed by atoms with Gasteiger partial charge in [-0.15, -0.1) is 0 Å². The van der Waals surface area contributed by atoms with Gasteiger partial charge in [0.15, 0.2) is 17.5 Å². The highest BCUT2D eigenvalue weighted by Gasteiger charge is 2.24. The molecule has 7 heteroatoms. The molecule has 2 aliphatic rings. The Hall–Kier alpha value is -4.00. The molecule has 6 nitrogen and oxygen atoms in total. The van der Waals surface area contributed by atoms with E-state index in [-0.39, 0.29) is 11.2 Å². The van der Waals surface area contributed by atoms with Crippen LogP contribution in [0.1, 0.15) is 89.7 Å². The van der Waals surface area contributed by atoms with Crippen molar-refractivity contribution >= 4 is 34.8 Å². The van der Waals surface area contributed by atoms with Crippen molar-refractivity contribution < 1.29 is 14.0 Å². The van der Waals surface area contributed by atoms with Gasteiger partial charge >= 0.3 is 0 Å². The molecule has 3 aromatic carbocycles. The summed E-state index contributed by atoms with van der Waals surface area (Å²) in [6.45, 7) is 9.83. The van der Waals surface area contributed by atoms with Gasteiger partial charge in [-0.05, 0) is 119 Å². The number of hydrogen-bond acceptors (Lipinski definition) is 5. The van der Waals surface area contributed by atoms with Crippen LogP contribution in [0.2, 0.25) is 5.02 Å². The fourth-order valence-corrected chi connectivity index (χ4v) is 6.20. The van der Waals surface area contributed by atoms with Crippen LogP contribution in [-0.4, -0.2) is 36.7 Å². The van der Waals surface area contributed by atoms with Gasteiger partial charge in [0.1, 0.15) is 5.58 Å². The lowest BCUT2D eigenvalue weighted by molar-refractivity contribution is -0.128. The average Bonchev–Trinajstić information content (AvgIpc) is 3.48. The minimum atomic E-state index is -0.179. The van der Waals surface area contributed by atoms with Gasteiger partial charge in [0.2, 0.25) is 5.91 Å². The van der Waals surface area contributed by atoms with Gasteiger partial charge in [-0.2, -0.15) is 0 Å². The van der Waals surface area contributed by atoms with E-state index < -0.39 is 0 Å². The first-order valence-electron chi connectivity index (χ1n) is 16.5. The molecule has 1 N–H and O–H groups in total. The lowest BCUT2D eigenvalue weighted by Crippen LogP contribution is -2.25. The van der Waals surface area contributed by atoms with Gasteiger partial charge in [-0.25, -0.2) is 0 Å². The van der Waals surface area contributed by atoms with E-state index in [1.807, 2.05) is 57.0 Å². The number of halogens is 1. The Morgan fingerprint density at radius 2 is 1.64 bits per heavy atom. The van der Waals surface area contributed by atoms with E-state index in [0.29, 0.717) is 35.1 Å². The van der Waals surface area contributed by atoms with Crippen molar-refractivity contribution in [3.63, 3.8) is 0 Å². The van der Waals surface area contributed by atoms with Gasteiger partial charge in [-0.1, -0.05) is 65.2 Å². The van der Waals surface area contributed by atoms with Gasteiger partial charge in [0, 0.05) is 36.6 Å². The van der Waals surface area contributed by atoms with E-state index in [1.54, 1.807) is 17.7 Å². The summed E-state index contributed by atoms with van der Waals surface area (Å²) in [7, 11) is 2.02. The topological polar surface area (TPSA) is 79.6 Å². The van der Waals surface area contributed by atoms with Crippen LogP contribution in [0.4, 0.5) is 0 Å². The number of carbonyl (C=O) groups excluding carboxylic acids is 2. The molecular formula is C40H47ClN2O4. The predicted molar refractivity (Wildman–Crippen MR) is 192 cm³/mol. The standard InChI is InChI=1S/C21H30N2O.C12H10O3.C7H7Cl/c1-16(22-2)14-17-9-11-18(12-10-17)20-7-4-3-6-19(20)15-23-13-5-8-21(23)24;1-7-3-10-11(14)5-9(6-13)15-12(10)4-8(7)2;1-6-2-4-7(8)5-3-6/h3-4,6-7,14,16,18,22H,5,8-13,15H2,1-2H3;3-6H,1-2H3;2-5H,1H3. The molecule has 2 heterocycles. The fourth-order valence-electron chi connectivity index (χ4n) is 6.08. The molecule has 1 saturated heterocycles. The van der Waals surface area contributed by atoms with Crippen molar-refractivity contribution in [3.05, 3.63) is 127 Å². The number of likely N-dealkylation sites (tertiary alicyclic amines) is 1. The van der Waals surface area contributed by atoms with Crippen LogP contribution in [0.5, 0.6) is 0 Å². The van der Waals surface area contributed by atoms with Crippen molar-refractivity contribution in [2.45, 2.75) is 84.7 Å². The summed E-state index contributed by atoms with van der Waals surface area (Å²) in [6, 6.07) is 21.7. The Labute approximate surface area is 283 Å². The molecular weight excluding hydrogens is 608 g/mol. The molecule has 2 fully saturated rings. The van der Waals surface area contributed by atoms with Gasteiger partial charge in [0.25, 0.3) is 0 Å². The minimum absolute atomic E-state index is 0.0655. The summed E-state index contributed by atoms with van der Waals surface area (Å²) < 4.78 is 5.26. The van der Waals surface area contributed by atoms with E-state index in [0.717, 1.165) is 42.1 Å². The van der Waals surface area contributed by atoms with Crippen LogP contribution in [0.25, 0.3) is 11.0 Å². The molecule has 0 bridgehead atoms. The third kappa shape index (κ3) is 10.2. The zero-order valence-electron chi connectivity index (χ0n) is 28.3. The number of carbonyl (C=O) groups is 2. The summed E-state index contributed by atoms with van der Waals surface area (Å²) in [5.74, 6) is 1.02. The highest BCUT2D eigenvalue weighted by atomic mass is 35.5. The maximum atomic E-state index is 12.0. The number of hydrogen-bond donors (Lipinski definition) is 1. The number of fused-ring (bicyclic) bond motifs is 1. The van der Waals surface area contributed by atoms with Gasteiger partial charge in [-0.3, -0.25) is 14.4 Å². The molecule has 1 aliphatic heterocycles. The second-order valence-electron chi connectivity index (χ2n) is 12.7. The summed E-state index contributed by atoms with van der Waals surface area (Å²) in [6.07, 6.45) is 9.54. The molecule has 0 radical (unpaired) electrons. The van der Waals surface area contributed by atoms with Crippen molar-refractivity contribution in [1.82, 2.24) is 10.2 Å². The summed E-state index contributed by atoms with van der Waals surface area (Å²) in [5.41, 5.74) is 8.03. The van der Waals surface area contributed by atoms with Crippen molar-refractivity contribution in [2.24, 2.45) is 0 Å². The van der Waals surface area contributed by atoms with Crippen molar-refractivity contribution in [1.29, 1.82) is 0 Å². The molecule has 1 atom stereocenters. The van der Waals surface area contributed by atoms with Crippen LogP contribution >= 0.6 is 11.6 Å². The Kier molecular flexibility index (Phi) is 13.1. The monoisotopic (exact) mass is 654 g/mol. The number of rotatable bonds is 6. The quantitative estimate of drug-likeness (QED) is 0.166.